The number of anilines is 1. The molecule has 0 bridgehead atoms. The van der Waals surface area contributed by atoms with Gasteiger partial charge in [0.2, 0.25) is 0 Å². The van der Waals surface area contributed by atoms with Crippen LogP contribution in [0.5, 0.6) is 11.5 Å². The predicted octanol–water partition coefficient (Wildman–Crippen LogP) is 3.80. The lowest BCUT2D eigenvalue weighted by atomic mass is 10.1. The Labute approximate surface area is 211 Å². The first-order valence-electron chi connectivity index (χ1n) is 11.0. The van der Waals surface area contributed by atoms with E-state index in [1.54, 1.807) is 18.2 Å². The number of benzene rings is 1. The zero-order valence-electron chi connectivity index (χ0n) is 19.9. The van der Waals surface area contributed by atoms with Crippen molar-refractivity contribution in [2.24, 2.45) is 16.6 Å². The summed E-state index contributed by atoms with van der Waals surface area (Å²) in [5, 5.41) is 22.5. The highest BCUT2D eigenvalue weighted by molar-refractivity contribution is 7.66. The smallest absolute Gasteiger partial charge is 0.348 e. The molecule has 0 amide bonds. The number of nitrogens with two attached hydrogens (primary N) is 1. The topological polar surface area (TPSA) is 150 Å². The minimum atomic E-state index is -3.85. The van der Waals surface area contributed by atoms with E-state index in [4.69, 9.17) is 15.2 Å². The molecule has 11 nitrogen and oxygen atoms in total. The summed E-state index contributed by atoms with van der Waals surface area (Å²) in [5.74, 6) is 5.17. The predicted molar refractivity (Wildman–Crippen MR) is 139 cm³/mol. The average Bonchev–Trinajstić information content (AvgIpc) is 3.39. The molecule has 4 rings (SSSR count). The van der Waals surface area contributed by atoms with Crippen molar-refractivity contribution in [3.05, 3.63) is 63.5 Å². The van der Waals surface area contributed by atoms with Crippen LogP contribution in [0.4, 0.5) is 5.69 Å². The molecule has 1 atom stereocenters. The van der Waals surface area contributed by atoms with Crippen LogP contribution in [0.15, 0.2) is 57.1 Å². The van der Waals surface area contributed by atoms with Crippen LogP contribution in [0.25, 0.3) is 11.3 Å². The monoisotopic (exact) mass is 531 g/mol. The Hall–Kier alpha value is -3.44. The molecule has 13 heteroatoms. The molecule has 1 aromatic carbocycles. The Morgan fingerprint density at radius 1 is 1.31 bits per heavy atom. The molecule has 4 N–H and O–H groups in total. The number of aryl methyl sites for hydroxylation is 1. The molecular formula is C23H26N5O6PS. The van der Waals surface area contributed by atoms with E-state index in [0.717, 1.165) is 6.26 Å². The lowest BCUT2D eigenvalue weighted by Gasteiger charge is -2.25. The molecule has 1 unspecified atom stereocenters. The van der Waals surface area contributed by atoms with Crippen molar-refractivity contribution < 1.29 is 23.8 Å². The van der Waals surface area contributed by atoms with Gasteiger partial charge in [0.25, 0.3) is 5.56 Å². The number of fused-ring (bicyclic) bond motifs is 1. The Kier molecular flexibility index (Phi) is 7.60. The van der Waals surface area contributed by atoms with Crippen LogP contribution in [0.1, 0.15) is 25.8 Å². The Balaban J connectivity index is 1.85. The second-order valence-corrected chi connectivity index (χ2v) is 11.1. The summed E-state index contributed by atoms with van der Waals surface area (Å²) in [7, 11) is -2.58. The fraction of sp³-hybridized carbons (Fsp3) is 0.261. The van der Waals surface area contributed by atoms with Gasteiger partial charge in [-0.2, -0.15) is 27.1 Å². The van der Waals surface area contributed by atoms with Crippen molar-refractivity contribution >= 4 is 35.7 Å². The molecule has 3 aromatic rings. The van der Waals surface area contributed by atoms with Gasteiger partial charge in [0.05, 0.1) is 11.0 Å². The number of rotatable bonds is 9. The largest absolute Gasteiger partial charge is 0.505 e. The van der Waals surface area contributed by atoms with E-state index in [9.17, 15) is 14.5 Å². The summed E-state index contributed by atoms with van der Waals surface area (Å²) in [6.45, 7) is 4.43. The van der Waals surface area contributed by atoms with Gasteiger partial charge in [-0.1, -0.05) is 13.8 Å². The molecular weight excluding hydrogens is 505 g/mol. The fourth-order valence-corrected chi connectivity index (χ4v) is 5.72. The highest BCUT2D eigenvalue weighted by atomic mass is 32.1. The second-order valence-electron chi connectivity index (χ2n) is 8.28. The first-order chi connectivity index (χ1) is 17.3. The van der Waals surface area contributed by atoms with Crippen LogP contribution in [0, 0.1) is 5.92 Å². The molecule has 0 aliphatic carbocycles. The summed E-state index contributed by atoms with van der Waals surface area (Å²) >= 11 is 1.43. The molecule has 1 aliphatic rings. The van der Waals surface area contributed by atoms with Gasteiger partial charge >= 0.3 is 7.52 Å². The molecule has 190 valence electrons. The zero-order valence-corrected chi connectivity index (χ0v) is 21.6. The normalized spacial score (nSPS) is 17.1. The van der Waals surface area contributed by atoms with Crippen LogP contribution >= 0.6 is 18.9 Å². The minimum absolute atomic E-state index is 0.0718. The quantitative estimate of drug-likeness (QED) is 0.213. The maximum atomic E-state index is 13.8. The summed E-state index contributed by atoms with van der Waals surface area (Å²) in [5.41, 5.74) is 0.575. The van der Waals surface area contributed by atoms with Crippen molar-refractivity contribution in [1.29, 1.82) is 0 Å². The van der Waals surface area contributed by atoms with Gasteiger partial charge in [0.15, 0.2) is 11.6 Å². The first-order valence-corrected chi connectivity index (χ1v) is 13.5. The molecule has 0 radical (unpaired) electrons. The van der Waals surface area contributed by atoms with Crippen molar-refractivity contribution in [3.63, 3.8) is 0 Å². The third-order valence-corrected chi connectivity index (χ3v) is 8.04. The van der Waals surface area contributed by atoms with Crippen LogP contribution in [-0.4, -0.2) is 27.8 Å². The SMILES string of the molecule is COP1(=O)N=C(c2c(O)c(-c3ccsc3)nn(CCC(C)C)c2=O)Nc2ccc(OC=CON)cc21. The third-order valence-electron chi connectivity index (χ3n) is 5.42. The van der Waals surface area contributed by atoms with E-state index in [1.165, 1.54) is 35.5 Å². The van der Waals surface area contributed by atoms with Crippen molar-refractivity contribution in [2.75, 3.05) is 12.4 Å². The Morgan fingerprint density at radius 2 is 2.11 bits per heavy atom. The van der Waals surface area contributed by atoms with Gasteiger partial charge in [-0.05, 0) is 42.0 Å². The van der Waals surface area contributed by atoms with E-state index in [-0.39, 0.29) is 28.1 Å². The van der Waals surface area contributed by atoms with Crippen molar-refractivity contribution in [3.8, 4) is 22.8 Å². The summed E-state index contributed by atoms with van der Waals surface area (Å²) in [6, 6.07) is 6.51. The number of aromatic nitrogens is 2. The molecule has 0 saturated carbocycles. The maximum absolute atomic E-state index is 13.8. The van der Waals surface area contributed by atoms with Crippen LogP contribution < -0.4 is 26.8 Å². The number of nitrogens with one attached hydrogen (secondary N) is 1. The standard InChI is InChI=1S/C23H26N5O6PS/c1-14(2)6-8-28-23(30)19(21(29)20(26-28)15-7-11-36-13-15)22-25-17-5-4-16(33-9-10-34-24)12-18(17)35(31,27-22)32-3/h4-5,7,9-14,29H,6,8,24H2,1-3H3,(H,25,27,31). The lowest BCUT2D eigenvalue weighted by Crippen LogP contribution is -2.35. The van der Waals surface area contributed by atoms with Gasteiger partial charge in [-0.3, -0.25) is 9.36 Å². The number of amidine groups is 1. The van der Waals surface area contributed by atoms with Crippen molar-refractivity contribution in [2.45, 2.75) is 26.8 Å². The zero-order chi connectivity index (χ0) is 25.9. The molecule has 2 aromatic heterocycles. The summed E-state index contributed by atoms with van der Waals surface area (Å²) in [4.78, 5) is 17.8. The van der Waals surface area contributed by atoms with E-state index >= 15 is 0 Å². The number of nitrogens with zero attached hydrogens (tertiary/aromatic N) is 3. The Morgan fingerprint density at radius 3 is 2.78 bits per heavy atom. The first kappa shape index (κ1) is 25.6. The van der Waals surface area contributed by atoms with E-state index in [2.05, 4.69) is 20.0 Å². The van der Waals surface area contributed by atoms with Crippen LogP contribution in [-0.2, 0) is 20.5 Å². The molecule has 0 saturated heterocycles. The van der Waals surface area contributed by atoms with Gasteiger partial charge in [-0.15, -0.1) is 0 Å². The second kappa shape index (κ2) is 10.7. The molecule has 1 aliphatic heterocycles. The van der Waals surface area contributed by atoms with Crippen LogP contribution in [0.2, 0.25) is 0 Å². The number of ether oxygens (including phenoxy) is 1. The fourth-order valence-electron chi connectivity index (χ4n) is 3.55. The molecule has 3 heterocycles. The van der Waals surface area contributed by atoms with E-state index < -0.39 is 13.1 Å². The molecule has 36 heavy (non-hydrogen) atoms. The lowest BCUT2D eigenvalue weighted by molar-refractivity contribution is 0.250. The number of hydrogen-bond donors (Lipinski definition) is 3. The average molecular weight is 532 g/mol. The molecule has 0 fully saturated rings. The van der Waals surface area contributed by atoms with E-state index in [0.29, 0.717) is 35.9 Å². The molecule has 0 spiro atoms. The highest BCUT2D eigenvalue weighted by Gasteiger charge is 2.36. The third kappa shape index (κ3) is 5.07. The van der Waals surface area contributed by atoms with Gasteiger partial charge in [0, 0.05) is 24.6 Å². The minimum Gasteiger partial charge on any atom is -0.505 e. The number of hydrogen-bond acceptors (Lipinski definition) is 10. The highest BCUT2D eigenvalue weighted by Crippen LogP contribution is 2.52. The van der Waals surface area contributed by atoms with E-state index in [1.807, 2.05) is 24.6 Å². The van der Waals surface area contributed by atoms with Gasteiger partial charge in [-0.25, -0.2) is 4.68 Å². The van der Waals surface area contributed by atoms with Gasteiger partial charge in [0.1, 0.15) is 29.5 Å². The van der Waals surface area contributed by atoms with Crippen LogP contribution in [0.3, 0.4) is 0 Å². The number of thiophene rings is 1. The van der Waals surface area contributed by atoms with Gasteiger partial charge < -0.3 is 24.5 Å². The summed E-state index contributed by atoms with van der Waals surface area (Å²) in [6.07, 6.45) is 3.04. The summed E-state index contributed by atoms with van der Waals surface area (Å²) < 4.78 is 30.1. The van der Waals surface area contributed by atoms with Crippen molar-refractivity contribution in [1.82, 2.24) is 9.78 Å². The Bertz CT molecular complexity index is 1420. The number of aromatic hydroxyl groups is 1. The maximum Gasteiger partial charge on any atom is 0.348 e.